The molecule has 0 aromatic heterocycles. The zero-order valence-electron chi connectivity index (χ0n) is 21.6. The number of hydrogen-bond acceptors (Lipinski definition) is 1. The van der Waals surface area contributed by atoms with Crippen LogP contribution in [0.4, 0.5) is 8.78 Å². The van der Waals surface area contributed by atoms with Gasteiger partial charge in [-0.2, -0.15) is 0 Å². The fourth-order valence-electron chi connectivity index (χ4n) is 6.00. The maximum Gasteiger partial charge on any atom is 0.142 e. The molecule has 0 heterocycles. The van der Waals surface area contributed by atoms with Gasteiger partial charge in [0.05, 0.1) is 11.1 Å². The fourth-order valence-corrected chi connectivity index (χ4v) is 6.00. The van der Waals surface area contributed by atoms with Crippen LogP contribution < -0.4 is 4.74 Å². The SMILES string of the molecule is C/C=C/CCC1CCC2CC(c3ccc(C#Cc4ccc(OC/C=C/C)cc4F)c(F)c3)CCC2C1. The Morgan fingerprint density at radius 1 is 0.833 bits per heavy atom. The van der Waals surface area contributed by atoms with Crippen molar-refractivity contribution in [1.82, 2.24) is 0 Å². The molecule has 2 aliphatic carbocycles. The summed E-state index contributed by atoms with van der Waals surface area (Å²) in [6.07, 6.45) is 18.3. The van der Waals surface area contributed by atoms with Crippen LogP contribution in [0.25, 0.3) is 0 Å². The minimum Gasteiger partial charge on any atom is -0.489 e. The van der Waals surface area contributed by atoms with Gasteiger partial charge >= 0.3 is 0 Å². The molecular weight excluding hydrogens is 450 g/mol. The molecule has 4 unspecified atom stereocenters. The Labute approximate surface area is 215 Å². The van der Waals surface area contributed by atoms with E-state index in [9.17, 15) is 8.78 Å². The van der Waals surface area contributed by atoms with Crippen molar-refractivity contribution in [2.45, 2.75) is 71.1 Å². The van der Waals surface area contributed by atoms with E-state index in [0.29, 0.717) is 23.8 Å². The average Bonchev–Trinajstić information content (AvgIpc) is 2.89. The first-order valence-electron chi connectivity index (χ1n) is 13.5. The van der Waals surface area contributed by atoms with Crippen LogP contribution in [0.15, 0.2) is 60.7 Å². The highest BCUT2D eigenvalue weighted by Crippen LogP contribution is 2.48. The van der Waals surface area contributed by atoms with E-state index in [1.807, 2.05) is 25.1 Å². The number of ether oxygens (including phenoxy) is 1. The third-order valence-corrected chi connectivity index (χ3v) is 8.02. The summed E-state index contributed by atoms with van der Waals surface area (Å²) < 4.78 is 34.8. The molecule has 2 saturated carbocycles. The van der Waals surface area contributed by atoms with Gasteiger partial charge < -0.3 is 4.74 Å². The summed E-state index contributed by atoms with van der Waals surface area (Å²) >= 11 is 0. The van der Waals surface area contributed by atoms with Crippen LogP contribution >= 0.6 is 0 Å². The van der Waals surface area contributed by atoms with E-state index in [2.05, 4.69) is 30.9 Å². The molecule has 4 atom stereocenters. The largest absolute Gasteiger partial charge is 0.489 e. The Bertz CT molecular complexity index is 1140. The Morgan fingerprint density at radius 2 is 1.53 bits per heavy atom. The average molecular weight is 489 g/mol. The molecule has 190 valence electrons. The van der Waals surface area contributed by atoms with E-state index in [1.54, 1.807) is 24.3 Å². The predicted molar refractivity (Wildman–Crippen MR) is 144 cm³/mol. The van der Waals surface area contributed by atoms with E-state index in [0.717, 1.165) is 29.7 Å². The van der Waals surface area contributed by atoms with Gasteiger partial charge in [0.2, 0.25) is 0 Å². The van der Waals surface area contributed by atoms with Gasteiger partial charge in [-0.1, -0.05) is 48.6 Å². The number of benzene rings is 2. The fraction of sp³-hybridized carbons (Fsp3) is 0.455. The minimum absolute atomic E-state index is 0.233. The van der Waals surface area contributed by atoms with Gasteiger partial charge in [-0.05, 0) is 112 Å². The topological polar surface area (TPSA) is 9.23 Å². The molecule has 2 aromatic carbocycles. The first-order chi connectivity index (χ1) is 17.6. The highest BCUT2D eigenvalue weighted by Gasteiger charge is 2.35. The summed E-state index contributed by atoms with van der Waals surface area (Å²) in [5, 5.41) is 0. The van der Waals surface area contributed by atoms with Crippen LogP contribution in [-0.2, 0) is 0 Å². The number of allylic oxidation sites excluding steroid dienone is 3. The Morgan fingerprint density at radius 3 is 2.25 bits per heavy atom. The zero-order chi connectivity index (χ0) is 25.3. The quantitative estimate of drug-likeness (QED) is 0.279. The van der Waals surface area contributed by atoms with Crippen molar-refractivity contribution in [3.05, 3.63) is 89.0 Å². The van der Waals surface area contributed by atoms with Crippen molar-refractivity contribution < 1.29 is 13.5 Å². The highest BCUT2D eigenvalue weighted by molar-refractivity contribution is 5.46. The molecule has 1 nitrogen and oxygen atoms in total. The maximum atomic E-state index is 14.9. The molecular formula is C33H38F2O. The van der Waals surface area contributed by atoms with Crippen molar-refractivity contribution >= 4 is 0 Å². The second kappa shape index (κ2) is 12.9. The van der Waals surface area contributed by atoms with E-state index in [4.69, 9.17) is 4.74 Å². The van der Waals surface area contributed by atoms with Crippen molar-refractivity contribution in [3.63, 3.8) is 0 Å². The third kappa shape index (κ3) is 6.88. The van der Waals surface area contributed by atoms with Gasteiger partial charge in [0.1, 0.15) is 24.0 Å². The minimum atomic E-state index is -0.467. The Hall–Kier alpha value is -2.86. The second-order valence-electron chi connectivity index (χ2n) is 10.4. The molecule has 0 N–H and O–H groups in total. The lowest BCUT2D eigenvalue weighted by atomic mass is 9.63. The van der Waals surface area contributed by atoms with Gasteiger partial charge in [0, 0.05) is 6.07 Å². The summed E-state index contributed by atoms with van der Waals surface area (Å²) in [5.41, 5.74) is 1.62. The molecule has 0 amide bonds. The van der Waals surface area contributed by atoms with Gasteiger partial charge in [0.25, 0.3) is 0 Å². The maximum absolute atomic E-state index is 14.9. The van der Waals surface area contributed by atoms with Crippen molar-refractivity contribution in [2.24, 2.45) is 17.8 Å². The lowest BCUT2D eigenvalue weighted by molar-refractivity contribution is 0.115. The lowest BCUT2D eigenvalue weighted by Crippen LogP contribution is -2.30. The van der Waals surface area contributed by atoms with Crippen LogP contribution in [0.1, 0.15) is 87.8 Å². The van der Waals surface area contributed by atoms with Crippen LogP contribution in [0.5, 0.6) is 5.75 Å². The summed E-state index contributed by atoms with van der Waals surface area (Å²) in [6, 6.07) is 10.0. The molecule has 0 bridgehead atoms. The first-order valence-corrected chi connectivity index (χ1v) is 13.5. The van der Waals surface area contributed by atoms with Gasteiger partial charge in [0.15, 0.2) is 0 Å². The van der Waals surface area contributed by atoms with Gasteiger partial charge in [-0.25, -0.2) is 8.78 Å². The predicted octanol–water partition coefficient (Wildman–Crippen LogP) is 8.98. The Kier molecular flexibility index (Phi) is 9.40. The highest BCUT2D eigenvalue weighted by atomic mass is 19.1. The van der Waals surface area contributed by atoms with Crippen LogP contribution in [0.3, 0.4) is 0 Å². The first kappa shape index (κ1) is 26.2. The molecule has 0 radical (unpaired) electrons. The number of rotatable bonds is 7. The summed E-state index contributed by atoms with van der Waals surface area (Å²) in [7, 11) is 0. The van der Waals surface area contributed by atoms with E-state index in [-0.39, 0.29) is 11.4 Å². The van der Waals surface area contributed by atoms with E-state index in [1.165, 1.54) is 51.0 Å². The number of hydrogen-bond donors (Lipinski definition) is 0. The summed E-state index contributed by atoms with van der Waals surface area (Å²) in [5.74, 6) is 8.19. The van der Waals surface area contributed by atoms with Crippen molar-refractivity contribution in [2.75, 3.05) is 6.61 Å². The van der Waals surface area contributed by atoms with Crippen LogP contribution in [-0.4, -0.2) is 6.61 Å². The van der Waals surface area contributed by atoms with Gasteiger partial charge in [-0.3, -0.25) is 0 Å². The monoisotopic (exact) mass is 488 g/mol. The molecule has 0 aliphatic heterocycles. The van der Waals surface area contributed by atoms with Crippen molar-refractivity contribution in [3.8, 4) is 17.6 Å². The van der Waals surface area contributed by atoms with Crippen LogP contribution in [0, 0.1) is 41.2 Å². The van der Waals surface area contributed by atoms with Gasteiger partial charge in [-0.15, -0.1) is 0 Å². The smallest absolute Gasteiger partial charge is 0.142 e. The molecule has 0 spiro atoms. The second-order valence-corrected chi connectivity index (χ2v) is 10.4. The number of fused-ring (bicyclic) bond motifs is 1. The normalized spacial score (nSPS) is 23.9. The molecule has 2 fully saturated rings. The standard InChI is InChI=1S/C33H38F2O/c1-3-5-7-8-24-9-10-28-21-29(16-15-27(28)20-24)30-14-13-25(32(34)22-30)11-12-26-17-18-31(23-33(26)35)36-19-6-4-2/h3-6,13-14,17-18,22-24,27-29H,7-10,15-16,19-21H2,1-2H3/b5-3+,6-4+. The molecule has 36 heavy (non-hydrogen) atoms. The molecule has 4 rings (SSSR count). The van der Waals surface area contributed by atoms with E-state index >= 15 is 0 Å². The lowest BCUT2D eigenvalue weighted by Gasteiger charge is -2.42. The number of halogens is 2. The summed E-state index contributed by atoms with van der Waals surface area (Å²) in [6.45, 7) is 4.39. The zero-order valence-corrected chi connectivity index (χ0v) is 21.6. The molecule has 3 heteroatoms. The van der Waals surface area contributed by atoms with Crippen molar-refractivity contribution in [1.29, 1.82) is 0 Å². The molecule has 2 aromatic rings. The summed E-state index contributed by atoms with van der Waals surface area (Å²) in [4.78, 5) is 0. The van der Waals surface area contributed by atoms with Crippen LogP contribution in [0.2, 0.25) is 0 Å². The Balaban J connectivity index is 1.36. The third-order valence-electron chi connectivity index (χ3n) is 8.02. The molecule has 0 saturated heterocycles. The molecule has 2 aliphatic rings. The van der Waals surface area contributed by atoms with E-state index < -0.39 is 5.82 Å².